The van der Waals surface area contributed by atoms with Crippen molar-refractivity contribution in [1.82, 2.24) is 0 Å². The van der Waals surface area contributed by atoms with Gasteiger partial charge >= 0.3 is 5.97 Å². The Morgan fingerprint density at radius 3 is 2.64 bits per heavy atom. The molecule has 0 fully saturated rings. The van der Waals surface area contributed by atoms with Crippen LogP contribution in [0, 0.1) is 9.49 Å². The Bertz CT molecular complexity index is 687. The standard InChI is InChI=1S/C15H18INO4S/c1-21-15(18)11-7-3-5-9-13(11)17(22(2,19)20)14-10-6-4-8-12(14)16/h4-6,8-11,13H,3,7H2,1-2H3/t11-,13-/m1/s1. The quantitative estimate of drug-likeness (QED) is 0.415. The van der Waals surface area contributed by atoms with Crippen molar-refractivity contribution in [2.24, 2.45) is 5.92 Å². The number of halogens is 1. The molecule has 0 radical (unpaired) electrons. The lowest BCUT2D eigenvalue weighted by Gasteiger charge is -2.36. The maximum absolute atomic E-state index is 12.4. The summed E-state index contributed by atoms with van der Waals surface area (Å²) in [7, 11) is -2.22. The van der Waals surface area contributed by atoms with Gasteiger partial charge in [-0.25, -0.2) is 8.42 Å². The molecule has 0 N–H and O–H groups in total. The molecule has 1 aromatic rings. The van der Waals surface area contributed by atoms with E-state index < -0.39 is 22.0 Å². The predicted octanol–water partition coefficient (Wildman–Crippen LogP) is 2.57. The van der Waals surface area contributed by atoms with Crippen LogP contribution in [0.15, 0.2) is 36.4 Å². The first kappa shape index (κ1) is 17.3. The largest absolute Gasteiger partial charge is 0.469 e. The van der Waals surface area contributed by atoms with Crippen molar-refractivity contribution in [1.29, 1.82) is 0 Å². The predicted molar refractivity (Wildman–Crippen MR) is 94.1 cm³/mol. The van der Waals surface area contributed by atoms with Gasteiger partial charge in [0, 0.05) is 3.57 Å². The summed E-state index contributed by atoms with van der Waals surface area (Å²) in [4.78, 5) is 12.0. The Balaban J connectivity index is 2.54. The molecule has 0 saturated carbocycles. The molecule has 22 heavy (non-hydrogen) atoms. The van der Waals surface area contributed by atoms with Gasteiger partial charge in [0.25, 0.3) is 0 Å². The van der Waals surface area contributed by atoms with Crippen LogP contribution in [0.25, 0.3) is 0 Å². The van der Waals surface area contributed by atoms with Crippen molar-refractivity contribution in [2.45, 2.75) is 18.9 Å². The Morgan fingerprint density at radius 1 is 1.36 bits per heavy atom. The zero-order valence-electron chi connectivity index (χ0n) is 12.4. The van der Waals surface area contributed by atoms with Crippen LogP contribution >= 0.6 is 22.6 Å². The van der Waals surface area contributed by atoms with Gasteiger partial charge in [-0.2, -0.15) is 0 Å². The molecule has 7 heteroatoms. The molecule has 120 valence electrons. The number of carbonyl (C=O) groups excluding carboxylic acids is 1. The lowest BCUT2D eigenvalue weighted by atomic mass is 9.89. The number of sulfonamides is 1. The number of esters is 1. The van der Waals surface area contributed by atoms with Gasteiger partial charge in [0.2, 0.25) is 10.0 Å². The van der Waals surface area contributed by atoms with Crippen LogP contribution in [-0.2, 0) is 19.6 Å². The summed E-state index contributed by atoms with van der Waals surface area (Å²) in [5.41, 5.74) is 0.580. The lowest BCUT2D eigenvalue weighted by Crippen LogP contribution is -2.47. The number of nitrogens with zero attached hydrogens (tertiary/aromatic N) is 1. The molecule has 0 aromatic heterocycles. The van der Waals surface area contributed by atoms with E-state index in [-0.39, 0.29) is 5.97 Å². The van der Waals surface area contributed by atoms with E-state index in [2.05, 4.69) is 22.6 Å². The molecule has 0 heterocycles. The average Bonchev–Trinajstić information content (AvgIpc) is 2.48. The molecule has 2 atom stereocenters. The number of ether oxygens (including phenoxy) is 1. The second kappa shape index (κ2) is 6.99. The number of allylic oxidation sites excluding steroid dienone is 1. The summed E-state index contributed by atoms with van der Waals surface area (Å²) in [6.45, 7) is 0. The van der Waals surface area contributed by atoms with Crippen LogP contribution in [0.4, 0.5) is 5.69 Å². The number of hydrogen-bond acceptors (Lipinski definition) is 4. The van der Waals surface area contributed by atoms with Crippen molar-refractivity contribution < 1.29 is 17.9 Å². The van der Waals surface area contributed by atoms with Crippen LogP contribution < -0.4 is 4.31 Å². The van der Waals surface area contributed by atoms with Crippen molar-refractivity contribution in [3.8, 4) is 0 Å². The lowest BCUT2D eigenvalue weighted by molar-refractivity contribution is -0.146. The van der Waals surface area contributed by atoms with Crippen molar-refractivity contribution in [3.63, 3.8) is 0 Å². The summed E-state index contributed by atoms with van der Waals surface area (Å²) < 4.78 is 31.7. The summed E-state index contributed by atoms with van der Waals surface area (Å²) in [5.74, 6) is -0.880. The summed E-state index contributed by atoms with van der Waals surface area (Å²) in [6, 6.07) is 6.66. The maximum Gasteiger partial charge on any atom is 0.311 e. The summed E-state index contributed by atoms with van der Waals surface area (Å²) >= 11 is 2.10. The van der Waals surface area contributed by atoms with E-state index in [1.807, 2.05) is 18.2 Å². The van der Waals surface area contributed by atoms with Crippen molar-refractivity contribution in [3.05, 3.63) is 40.0 Å². The summed E-state index contributed by atoms with van der Waals surface area (Å²) in [6.07, 6.45) is 6.17. The van der Waals surface area contributed by atoms with Gasteiger partial charge in [-0.1, -0.05) is 24.3 Å². The zero-order chi connectivity index (χ0) is 16.3. The number of rotatable bonds is 4. The zero-order valence-corrected chi connectivity index (χ0v) is 15.4. The van der Waals surface area contributed by atoms with Gasteiger partial charge in [0.15, 0.2) is 0 Å². The third kappa shape index (κ3) is 3.62. The molecule has 0 unspecified atom stereocenters. The van der Waals surface area contributed by atoms with Crippen LogP contribution in [0.1, 0.15) is 12.8 Å². The molecule has 1 aliphatic rings. The van der Waals surface area contributed by atoms with E-state index >= 15 is 0 Å². The molecule has 1 aliphatic carbocycles. The number of methoxy groups -OCH3 is 1. The monoisotopic (exact) mass is 435 g/mol. The van der Waals surface area contributed by atoms with Gasteiger partial charge in [-0.05, 0) is 47.6 Å². The van der Waals surface area contributed by atoms with Gasteiger partial charge in [0.1, 0.15) is 0 Å². The van der Waals surface area contributed by atoms with Gasteiger partial charge in [-0.15, -0.1) is 0 Å². The highest BCUT2D eigenvalue weighted by molar-refractivity contribution is 14.1. The Labute approximate surface area is 144 Å². The Hall–Kier alpha value is -1.09. The van der Waals surface area contributed by atoms with E-state index in [0.717, 1.165) is 16.2 Å². The minimum Gasteiger partial charge on any atom is -0.469 e. The second-order valence-corrected chi connectivity index (χ2v) is 8.16. The number of para-hydroxylation sites is 1. The highest BCUT2D eigenvalue weighted by Crippen LogP contribution is 2.33. The minimum absolute atomic E-state index is 0.381. The third-order valence-corrected chi connectivity index (χ3v) is 5.68. The fourth-order valence-corrected chi connectivity index (χ4v) is 4.64. The molecule has 0 amide bonds. The highest BCUT2D eigenvalue weighted by Gasteiger charge is 2.38. The van der Waals surface area contributed by atoms with Crippen molar-refractivity contribution >= 4 is 44.3 Å². The first-order chi connectivity index (χ1) is 10.4. The molecular weight excluding hydrogens is 417 g/mol. The first-order valence-electron chi connectivity index (χ1n) is 6.84. The number of hydrogen-bond donors (Lipinski definition) is 0. The number of carbonyl (C=O) groups is 1. The highest BCUT2D eigenvalue weighted by atomic mass is 127. The normalized spacial score (nSPS) is 21.4. The second-order valence-electron chi connectivity index (χ2n) is 5.14. The first-order valence-corrected chi connectivity index (χ1v) is 9.77. The smallest absolute Gasteiger partial charge is 0.311 e. The van der Waals surface area contributed by atoms with E-state index in [9.17, 15) is 13.2 Å². The Kier molecular flexibility index (Phi) is 5.49. The van der Waals surface area contributed by atoms with E-state index in [1.54, 1.807) is 18.2 Å². The number of benzene rings is 1. The van der Waals surface area contributed by atoms with Crippen LogP contribution in [0.2, 0.25) is 0 Å². The molecule has 5 nitrogen and oxygen atoms in total. The van der Waals surface area contributed by atoms with Crippen LogP contribution in [0.5, 0.6) is 0 Å². The van der Waals surface area contributed by atoms with E-state index in [4.69, 9.17) is 4.74 Å². The van der Waals surface area contributed by atoms with Gasteiger partial charge < -0.3 is 4.74 Å². The molecule has 2 rings (SSSR count). The van der Waals surface area contributed by atoms with Gasteiger partial charge in [0.05, 0.1) is 31.0 Å². The van der Waals surface area contributed by atoms with E-state index in [1.165, 1.54) is 11.4 Å². The fourth-order valence-electron chi connectivity index (χ4n) is 2.66. The molecule has 0 spiro atoms. The average molecular weight is 435 g/mol. The molecular formula is C15H18INO4S. The molecule has 0 bridgehead atoms. The van der Waals surface area contributed by atoms with Crippen molar-refractivity contribution in [2.75, 3.05) is 17.7 Å². The van der Waals surface area contributed by atoms with Gasteiger partial charge in [-0.3, -0.25) is 9.10 Å². The fraction of sp³-hybridized carbons (Fsp3) is 0.400. The molecule has 0 saturated heterocycles. The minimum atomic E-state index is -3.55. The molecule has 1 aromatic carbocycles. The van der Waals surface area contributed by atoms with Crippen LogP contribution in [0.3, 0.4) is 0 Å². The number of anilines is 1. The van der Waals surface area contributed by atoms with E-state index in [0.29, 0.717) is 12.1 Å². The topological polar surface area (TPSA) is 63.7 Å². The third-order valence-electron chi connectivity index (χ3n) is 3.61. The molecule has 0 aliphatic heterocycles. The Morgan fingerprint density at radius 2 is 2.05 bits per heavy atom. The maximum atomic E-state index is 12.4. The summed E-state index contributed by atoms with van der Waals surface area (Å²) in [5, 5.41) is 0. The van der Waals surface area contributed by atoms with Crippen LogP contribution in [-0.4, -0.2) is 33.8 Å². The SMILES string of the molecule is COC(=O)[C@@H]1CCC=C[C@H]1N(c1ccccc1I)S(C)(=O)=O.